The topological polar surface area (TPSA) is 116 Å². The van der Waals surface area contributed by atoms with Gasteiger partial charge in [0.25, 0.3) is 0 Å². The second kappa shape index (κ2) is 6.19. The molecule has 1 unspecified atom stereocenters. The molecule has 0 aromatic heterocycles. The summed E-state index contributed by atoms with van der Waals surface area (Å²) in [5.41, 5.74) is -0.750. The van der Waals surface area contributed by atoms with Gasteiger partial charge in [0, 0.05) is 0 Å². The van der Waals surface area contributed by atoms with Gasteiger partial charge in [-0.25, -0.2) is 0 Å². The van der Waals surface area contributed by atoms with E-state index in [1.165, 1.54) is 0 Å². The van der Waals surface area contributed by atoms with Crippen LogP contribution in [0, 0.1) is 5.92 Å². The number of nitrogens with two attached hydrogens (primary N) is 1. The number of ether oxygens (including phenoxy) is 1. The minimum Gasteiger partial charge on any atom is -0.481 e. The van der Waals surface area contributed by atoms with Crippen LogP contribution in [0.2, 0.25) is 0 Å². The van der Waals surface area contributed by atoms with Gasteiger partial charge in [0.2, 0.25) is 0 Å². The quantitative estimate of drug-likeness (QED) is 0.527. The highest BCUT2D eigenvalue weighted by Crippen LogP contribution is 2.17. The Morgan fingerprint density at radius 1 is 1.24 bits per heavy atom. The lowest BCUT2D eigenvalue weighted by molar-refractivity contribution is -0.166. The summed E-state index contributed by atoms with van der Waals surface area (Å²) in [6.07, 6.45) is -0.929. The predicted molar refractivity (Wildman–Crippen MR) is 56.5 cm³/mol. The third-order valence-corrected chi connectivity index (χ3v) is 1.71. The smallest absolute Gasteiger partial charge is 0.325 e. The van der Waals surface area contributed by atoms with Gasteiger partial charge in [0.05, 0.1) is 18.8 Å². The lowest BCUT2D eigenvalue weighted by Crippen LogP contribution is -2.31. The summed E-state index contributed by atoms with van der Waals surface area (Å²) in [7, 11) is 0. The summed E-state index contributed by atoms with van der Waals surface area (Å²) in [5.74, 6) is 0.714. The molecule has 1 atom stereocenters. The Kier molecular flexibility index (Phi) is 5.60. The van der Waals surface area contributed by atoms with Crippen LogP contribution in [0.15, 0.2) is 0 Å². The number of carbonyl (C=O) groups excluding carboxylic acids is 2. The number of esters is 1. The third-order valence-electron chi connectivity index (χ3n) is 1.71. The van der Waals surface area contributed by atoms with Crippen molar-refractivity contribution in [1.29, 1.82) is 0 Å². The molecule has 0 aliphatic heterocycles. The van der Waals surface area contributed by atoms with Gasteiger partial charge in [-0.15, -0.1) is 0 Å². The molecule has 0 fully saturated rings. The number of hydrogen-bond acceptors (Lipinski definition) is 6. The van der Waals surface area contributed by atoms with Crippen molar-refractivity contribution in [3.63, 3.8) is 0 Å². The number of carboxylic acid groups (broad SMARTS) is 1. The Labute approximate surface area is 98.8 Å². The lowest BCUT2D eigenvalue weighted by atomic mass is 10.0. The van der Waals surface area contributed by atoms with Crippen LogP contribution in [0.1, 0.15) is 33.6 Å². The minimum atomic E-state index is -1.20. The highest BCUT2D eigenvalue weighted by atomic mass is 16.7. The summed E-state index contributed by atoms with van der Waals surface area (Å²) in [6, 6.07) is 0. The van der Waals surface area contributed by atoms with Crippen LogP contribution in [0.5, 0.6) is 0 Å². The Hall–Kier alpha value is -1.63. The van der Waals surface area contributed by atoms with Crippen LogP contribution < -0.4 is 5.90 Å². The van der Waals surface area contributed by atoms with Gasteiger partial charge in [-0.1, -0.05) is 0 Å². The molecule has 0 bridgehead atoms. The van der Waals surface area contributed by atoms with Gasteiger partial charge in [-0.3, -0.25) is 14.4 Å². The summed E-state index contributed by atoms with van der Waals surface area (Å²) in [5, 5.41) is 8.63. The van der Waals surface area contributed by atoms with Gasteiger partial charge in [0.1, 0.15) is 5.60 Å². The van der Waals surface area contributed by atoms with Crippen molar-refractivity contribution in [2.75, 3.05) is 0 Å². The molecular weight excluding hydrogens is 230 g/mol. The molecule has 7 nitrogen and oxygen atoms in total. The fourth-order valence-electron chi connectivity index (χ4n) is 1.08. The molecule has 0 heterocycles. The molecule has 3 N–H and O–H groups in total. The predicted octanol–water partition coefficient (Wildman–Crippen LogP) is 0.226. The van der Waals surface area contributed by atoms with E-state index in [1.807, 2.05) is 0 Å². The zero-order chi connectivity index (χ0) is 13.6. The monoisotopic (exact) mass is 247 g/mol. The second-order valence-electron chi connectivity index (χ2n) is 4.52. The zero-order valence-electron chi connectivity index (χ0n) is 10.1. The number of rotatable bonds is 5. The summed E-state index contributed by atoms with van der Waals surface area (Å²) < 4.78 is 5.00. The molecule has 0 rings (SSSR count). The number of hydrogen-bond donors (Lipinski definition) is 2. The first-order valence-corrected chi connectivity index (χ1v) is 5.00. The standard InChI is InChI=1S/C10H17NO6/c1-10(2,3)16-9(15)6(4-7(12)13)5-8(14)17-11/h6H,4-5,11H2,1-3H3,(H,12,13). The Balaban J connectivity index is 4.61. The van der Waals surface area contributed by atoms with E-state index < -0.39 is 42.3 Å². The van der Waals surface area contributed by atoms with E-state index >= 15 is 0 Å². The lowest BCUT2D eigenvalue weighted by Gasteiger charge is -2.22. The average molecular weight is 247 g/mol. The van der Waals surface area contributed by atoms with Crippen LogP contribution in [-0.4, -0.2) is 28.6 Å². The highest BCUT2D eigenvalue weighted by Gasteiger charge is 2.29. The Morgan fingerprint density at radius 3 is 2.12 bits per heavy atom. The van der Waals surface area contributed by atoms with Gasteiger partial charge in [0.15, 0.2) is 0 Å². The first kappa shape index (κ1) is 15.4. The molecule has 0 aliphatic carbocycles. The third kappa shape index (κ3) is 7.29. The molecule has 7 heteroatoms. The molecule has 0 radical (unpaired) electrons. The van der Waals surface area contributed by atoms with E-state index in [2.05, 4.69) is 10.7 Å². The zero-order valence-corrected chi connectivity index (χ0v) is 10.1. The van der Waals surface area contributed by atoms with E-state index in [-0.39, 0.29) is 0 Å². The van der Waals surface area contributed by atoms with Crippen molar-refractivity contribution in [1.82, 2.24) is 0 Å². The van der Waals surface area contributed by atoms with Crippen LogP contribution in [0.3, 0.4) is 0 Å². The first-order valence-electron chi connectivity index (χ1n) is 5.00. The normalized spacial score (nSPS) is 12.7. The van der Waals surface area contributed by atoms with Crippen LogP contribution in [0.4, 0.5) is 0 Å². The summed E-state index contributed by atoms with van der Waals surface area (Å²) in [4.78, 5) is 37.0. The van der Waals surface area contributed by atoms with Crippen molar-refractivity contribution < 1.29 is 29.1 Å². The Morgan fingerprint density at radius 2 is 1.76 bits per heavy atom. The fourth-order valence-corrected chi connectivity index (χ4v) is 1.08. The van der Waals surface area contributed by atoms with Crippen LogP contribution in [-0.2, 0) is 24.0 Å². The molecule has 0 amide bonds. The summed E-state index contributed by atoms with van der Waals surface area (Å²) >= 11 is 0. The molecule has 0 aromatic carbocycles. The van der Waals surface area contributed by atoms with Crippen molar-refractivity contribution in [3.8, 4) is 0 Å². The van der Waals surface area contributed by atoms with E-state index in [1.54, 1.807) is 20.8 Å². The van der Waals surface area contributed by atoms with Crippen molar-refractivity contribution in [2.24, 2.45) is 11.8 Å². The van der Waals surface area contributed by atoms with E-state index in [0.29, 0.717) is 0 Å². The molecular formula is C10H17NO6. The molecule has 0 spiro atoms. The first-order chi connectivity index (χ1) is 7.65. The van der Waals surface area contributed by atoms with Gasteiger partial charge < -0.3 is 14.7 Å². The molecule has 17 heavy (non-hydrogen) atoms. The van der Waals surface area contributed by atoms with E-state index in [9.17, 15) is 14.4 Å². The minimum absolute atomic E-state index is 0.419. The average Bonchev–Trinajstić information content (AvgIpc) is 2.13. The maximum absolute atomic E-state index is 11.6. The second-order valence-corrected chi connectivity index (χ2v) is 4.52. The molecule has 0 aliphatic rings. The maximum atomic E-state index is 11.6. The van der Waals surface area contributed by atoms with Gasteiger partial charge in [-0.2, -0.15) is 5.90 Å². The SMILES string of the molecule is CC(C)(C)OC(=O)C(CC(=O)O)CC(=O)ON. The van der Waals surface area contributed by atoms with E-state index in [0.717, 1.165) is 0 Å². The summed E-state index contributed by atoms with van der Waals surface area (Å²) in [6.45, 7) is 4.93. The Bertz CT molecular complexity index is 306. The largest absolute Gasteiger partial charge is 0.481 e. The van der Waals surface area contributed by atoms with Crippen molar-refractivity contribution >= 4 is 17.9 Å². The van der Waals surface area contributed by atoms with Crippen LogP contribution >= 0.6 is 0 Å². The molecule has 0 saturated carbocycles. The molecule has 0 aromatic rings. The number of carbonyl (C=O) groups is 3. The fraction of sp³-hybridized carbons (Fsp3) is 0.700. The van der Waals surface area contributed by atoms with Gasteiger partial charge in [-0.05, 0) is 20.8 Å². The molecule has 0 saturated heterocycles. The maximum Gasteiger partial charge on any atom is 0.325 e. The highest BCUT2D eigenvalue weighted by molar-refractivity contribution is 5.84. The van der Waals surface area contributed by atoms with E-state index in [4.69, 9.17) is 9.84 Å². The van der Waals surface area contributed by atoms with Crippen LogP contribution in [0.25, 0.3) is 0 Å². The van der Waals surface area contributed by atoms with Crippen molar-refractivity contribution in [3.05, 3.63) is 0 Å². The number of carboxylic acids is 1. The number of aliphatic carboxylic acids is 1. The molecule has 98 valence electrons. The van der Waals surface area contributed by atoms with Crippen molar-refractivity contribution in [2.45, 2.75) is 39.2 Å². The van der Waals surface area contributed by atoms with Gasteiger partial charge >= 0.3 is 17.9 Å².